The predicted molar refractivity (Wildman–Crippen MR) is 84.5 cm³/mol. The van der Waals surface area contributed by atoms with Crippen molar-refractivity contribution in [2.45, 2.75) is 90.1 Å². The van der Waals surface area contributed by atoms with E-state index in [1.165, 1.54) is 64.2 Å². The smallest absolute Gasteiger partial charge is 0.0543 e. The Morgan fingerprint density at radius 1 is 0.800 bits per heavy atom. The molecule has 3 saturated carbocycles. The molecule has 20 heavy (non-hydrogen) atoms. The van der Waals surface area contributed by atoms with E-state index in [9.17, 15) is 5.11 Å². The summed E-state index contributed by atoms with van der Waals surface area (Å²) in [4.78, 5) is 0. The standard InChI is InChI=1S/C19H34O/c1-2-4-14-7-9-15(10-8-14)18-6-3-5-16-13-17(20)11-12-19(16)18/h14-20H,2-13H2,1H3. The Balaban J connectivity index is 1.56. The van der Waals surface area contributed by atoms with Gasteiger partial charge in [-0.3, -0.25) is 0 Å². The van der Waals surface area contributed by atoms with E-state index in [0.717, 1.165) is 42.4 Å². The fourth-order valence-electron chi connectivity index (χ4n) is 5.89. The molecule has 4 atom stereocenters. The highest BCUT2D eigenvalue weighted by atomic mass is 16.3. The Morgan fingerprint density at radius 3 is 2.30 bits per heavy atom. The Labute approximate surface area is 125 Å². The fourth-order valence-corrected chi connectivity index (χ4v) is 5.89. The number of hydrogen-bond donors (Lipinski definition) is 1. The van der Waals surface area contributed by atoms with E-state index in [2.05, 4.69) is 6.92 Å². The minimum Gasteiger partial charge on any atom is -0.393 e. The molecule has 3 aliphatic carbocycles. The summed E-state index contributed by atoms with van der Waals surface area (Å²) < 4.78 is 0. The summed E-state index contributed by atoms with van der Waals surface area (Å²) >= 11 is 0. The first-order valence-electron chi connectivity index (χ1n) is 9.46. The zero-order valence-corrected chi connectivity index (χ0v) is 13.4. The molecule has 116 valence electrons. The van der Waals surface area contributed by atoms with Gasteiger partial charge in [0.15, 0.2) is 0 Å². The molecule has 0 aromatic rings. The van der Waals surface area contributed by atoms with Gasteiger partial charge in [0, 0.05) is 0 Å². The molecule has 4 unspecified atom stereocenters. The largest absolute Gasteiger partial charge is 0.393 e. The van der Waals surface area contributed by atoms with Crippen molar-refractivity contribution in [1.82, 2.24) is 0 Å². The summed E-state index contributed by atoms with van der Waals surface area (Å²) in [5, 5.41) is 9.94. The molecule has 0 saturated heterocycles. The number of rotatable bonds is 3. The maximum absolute atomic E-state index is 9.94. The summed E-state index contributed by atoms with van der Waals surface area (Å²) in [6, 6.07) is 0. The van der Waals surface area contributed by atoms with Gasteiger partial charge in [0.1, 0.15) is 0 Å². The molecule has 3 rings (SSSR count). The number of hydrogen-bond acceptors (Lipinski definition) is 1. The lowest BCUT2D eigenvalue weighted by Crippen LogP contribution is -2.39. The van der Waals surface area contributed by atoms with Crippen molar-refractivity contribution in [3.63, 3.8) is 0 Å². The predicted octanol–water partition coefficient (Wildman–Crippen LogP) is 5.17. The van der Waals surface area contributed by atoms with Crippen LogP contribution in [0.5, 0.6) is 0 Å². The van der Waals surface area contributed by atoms with E-state index in [1.54, 1.807) is 0 Å². The highest BCUT2D eigenvalue weighted by Crippen LogP contribution is 2.50. The molecule has 0 amide bonds. The van der Waals surface area contributed by atoms with Crippen molar-refractivity contribution in [1.29, 1.82) is 0 Å². The van der Waals surface area contributed by atoms with E-state index in [-0.39, 0.29) is 6.10 Å². The SMILES string of the molecule is CCCC1CCC(C2CCCC3CC(O)CCC32)CC1. The van der Waals surface area contributed by atoms with Crippen LogP contribution in [0.3, 0.4) is 0 Å². The maximum Gasteiger partial charge on any atom is 0.0543 e. The summed E-state index contributed by atoms with van der Waals surface area (Å²) in [6.45, 7) is 2.34. The second-order valence-electron chi connectivity index (χ2n) is 8.06. The van der Waals surface area contributed by atoms with Crippen molar-refractivity contribution >= 4 is 0 Å². The summed E-state index contributed by atoms with van der Waals surface area (Å²) in [5.41, 5.74) is 0. The quantitative estimate of drug-likeness (QED) is 0.755. The molecule has 1 nitrogen and oxygen atoms in total. The topological polar surface area (TPSA) is 20.2 Å². The second-order valence-corrected chi connectivity index (χ2v) is 8.06. The summed E-state index contributed by atoms with van der Waals surface area (Å²) in [5.74, 6) is 4.93. The second kappa shape index (κ2) is 6.81. The van der Waals surface area contributed by atoms with Crippen LogP contribution < -0.4 is 0 Å². The minimum atomic E-state index is 0.0234. The molecular weight excluding hydrogens is 244 g/mol. The van der Waals surface area contributed by atoms with Crippen molar-refractivity contribution in [2.24, 2.45) is 29.6 Å². The summed E-state index contributed by atoms with van der Waals surface area (Å²) in [6.07, 6.45) is 16.8. The van der Waals surface area contributed by atoms with Gasteiger partial charge in [-0.15, -0.1) is 0 Å². The average Bonchev–Trinajstić information content (AvgIpc) is 2.47. The highest BCUT2D eigenvalue weighted by molar-refractivity contribution is 4.91. The van der Waals surface area contributed by atoms with E-state index < -0.39 is 0 Å². The zero-order valence-electron chi connectivity index (χ0n) is 13.4. The van der Waals surface area contributed by atoms with E-state index in [4.69, 9.17) is 0 Å². The molecule has 0 aromatic carbocycles. The lowest BCUT2D eigenvalue weighted by atomic mass is 9.59. The Bertz CT molecular complexity index is 292. The summed E-state index contributed by atoms with van der Waals surface area (Å²) in [7, 11) is 0. The van der Waals surface area contributed by atoms with Crippen LogP contribution in [-0.2, 0) is 0 Å². The van der Waals surface area contributed by atoms with Crippen molar-refractivity contribution in [3.05, 3.63) is 0 Å². The molecule has 0 aromatic heterocycles. The van der Waals surface area contributed by atoms with E-state index in [0.29, 0.717) is 0 Å². The van der Waals surface area contributed by atoms with Crippen LogP contribution in [0.1, 0.15) is 84.0 Å². The Morgan fingerprint density at radius 2 is 1.55 bits per heavy atom. The normalized spacial score (nSPS) is 45.9. The molecular formula is C19H34O. The minimum absolute atomic E-state index is 0.0234. The number of aliphatic hydroxyl groups is 1. The molecule has 1 N–H and O–H groups in total. The molecule has 0 bridgehead atoms. The Kier molecular flexibility index (Phi) is 5.07. The third-order valence-electron chi connectivity index (χ3n) is 6.87. The van der Waals surface area contributed by atoms with Gasteiger partial charge in [0.05, 0.1) is 6.10 Å². The first kappa shape index (κ1) is 14.9. The van der Waals surface area contributed by atoms with Gasteiger partial charge in [-0.2, -0.15) is 0 Å². The third-order valence-corrected chi connectivity index (χ3v) is 6.87. The number of aliphatic hydroxyl groups excluding tert-OH is 1. The number of fused-ring (bicyclic) bond motifs is 1. The average molecular weight is 278 g/mol. The van der Waals surface area contributed by atoms with Crippen LogP contribution in [-0.4, -0.2) is 11.2 Å². The van der Waals surface area contributed by atoms with Crippen LogP contribution in [0, 0.1) is 29.6 Å². The van der Waals surface area contributed by atoms with Gasteiger partial charge >= 0.3 is 0 Å². The molecule has 0 spiro atoms. The maximum atomic E-state index is 9.94. The van der Waals surface area contributed by atoms with Crippen molar-refractivity contribution < 1.29 is 5.11 Å². The molecule has 0 radical (unpaired) electrons. The van der Waals surface area contributed by atoms with Crippen LogP contribution >= 0.6 is 0 Å². The lowest BCUT2D eigenvalue weighted by Gasteiger charge is -2.47. The Hall–Kier alpha value is -0.0400. The van der Waals surface area contributed by atoms with Gasteiger partial charge in [-0.25, -0.2) is 0 Å². The third kappa shape index (κ3) is 3.24. The molecule has 0 aliphatic heterocycles. The monoisotopic (exact) mass is 278 g/mol. The molecule has 0 heterocycles. The van der Waals surface area contributed by atoms with Crippen LogP contribution in [0.4, 0.5) is 0 Å². The zero-order chi connectivity index (χ0) is 13.9. The van der Waals surface area contributed by atoms with Gasteiger partial charge in [0.2, 0.25) is 0 Å². The molecule has 3 aliphatic rings. The van der Waals surface area contributed by atoms with Crippen LogP contribution in [0.2, 0.25) is 0 Å². The van der Waals surface area contributed by atoms with Crippen LogP contribution in [0.25, 0.3) is 0 Å². The van der Waals surface area contributed by atoms with E-state index >= 15 is 0 Å². The van der Waals surface area contributed by atoms with Crippen molar-refractivity contribution in [2.75, 3.05) is 0 Å². The first-order chi connectivity index (χ1) is 9.78. The van der Waals surface area contributed by atoms with Gasteiger partial charge in [-0.05, 0) is 68.1 Å². The lowest BCUT2D eigenvalue weighted by molar-refractivity contribution is -0.00578. The van der Waals surface area contributed by atoms with Crippen LogP contribution in [0.15, 0.2) is 0 Å². The van der Waals surface area contributed by atoms with E-state index in [1.807, 2.05) is 0 Å². The highest BCUT2D eigenvalue weighted by Gasteiger charge is 2.41. The van der Waals surface area contributed by atoms with Crippen molar-refractivity contribution in [3.8, 4) is 0 Å². The molecule has 1 heteroatoms. The molecule has 3 fully saturated rings. The fraction of sp³-hybridized carbons (Fsp3) is 1.00. The van der Waals surface area contributed by atoms with Gasteiger partial charge < -0.3 is 5.11 Å². The van der Waals surface area contributed by atoms with Gasteiger partial charge in [-0.1, -0.05) is 45.4 Å². The first-order valence-corrected chi connectivity index (χ1v) is 9.46. The van der Waals surface area contributed by atoms with Gasteiger partial charge in [0.25, 0.3) is 0 Å².